The van der Waals surface area contributed by atoms with Crippen molar-refractivity contribution in [3.05, 3.63) is 46.0 Å². The number of nitrogens with zero attached hydrogens (tertiary/aromatic N) is 1. The molecule has 1 aromatic carbocycles. The summed E-state index contributed by atoms with van der Waals surface area (Å²) in [6.45, 7) is 0.460. The summed E-state index contributed by atoms with van der Waals surface area (Å²) in [5.74, 6) is 11.8. The van der Waals surface area contributed by atoms with Crippen molar-refractivity contribution in [3.63, 3.8) is 0 Å². The Morgan fingerprint density at radius 1 is 1.31 bits per heavy atom. The van der Waals surface area contributed by atoms with E-state index in [1.54, 1.807) is 29.2 Å². The second-order valence-corrected chi connectivity index (χ2v) is 8.49. The van der Waals surface area contributed by atoms with Gasteiger partial charge in [0.05, 0.1) is 36.8 Å². The van der Waals surface area contributed by atoms with Gasteiger partial charge in [-0.25, -0.2) is 0 Å². The quantitative estimate of drug-likeness (QED) is 0.435. The molecule has 7 nitrogen and oxygen atoms in total. The number of halogens is 1. The largest absolute Gasteiger partial charge is 0.493 e. The molecule has 2 aliphatic carbocycles. The Balaban J connectivity index is 1.72. The minimum Gasteiger partial charge on any atom is -0.493 e. The van der Waals surface area contributed by atoms with Gasteiger partial charge in [-0.1, -0.05) is 47.4 Å². The van der Waals surface area contributed by atoms with Crippen LogP contribution in [0.4, 0.5) is 0 Å². The highest BCUT2D eigenvalue weighted by atomic mass is 35.5. The highest BCUT2D eigenvalue weighted by Crippen LogP contribution is 2.44. The van der Waals surface area contributed by atoms with Crippen molar-refractivity contribution < 1.29 is 29.6 Å². The fraction of sp³-hybridized carbons (Fsp3) is 0.375. The molecular weight excluding hydrogens is 434 g/mol. The molecule has 2 aliphatic heterocycles. The van der Waals surface area contributed by atoms with Crippen LogP contribution < -0.4 is 9.47 Å². The summed E-state index contributed by atoms with van der Waals surface area (Å²) >= 11 is 6.58. The van der Waals surface area contributed by atoms with E-state index in [0.29, 0.717) is 12.1 Å². The summed E-state index contributed by atoms with van der Waals surface area (Å²) in [5, 5.41) is 33.0. The summed E-state index contributed by atoms with van der Waals surface area (Å²) in [6.07, 6.45) is -0.321. The monoisotopic (exact) mass is 453 g/mol. The second-order valence-electron chi connectivity index (χ2n) is 8.11. The molecule has 1 aromatic rings. The summed E-state index contributed by atoms with van der Waals surface area (Å²) in [4.78, 5) is 14.3. The lowest BCUT2D eigenvalue weighted by Crippen LogP contribution is -2.52. The van der Waals surface area contributed by atoms with E-state index in [4.69, 9.17) is 21.1 Å². The molecule has 2 heterocycles. The number of carbonyl (C=O) groups excluding carboxylic acids is 1. The third-order valence-corrected chi connectivity index (χ3v) is 6.62. The van der Waals surface area contributed by atoms with Crippen LogP contribution in [0.15, 0.2) is 35.4 Å². The number of aliphatic hydroxyl groups is 3. The number of hydrogen-bond donors (Lipinski definition) is 3. The summed E-state index contributed by atoms with van der Waals surface area (Å²) in [6, 6.07) is 2.87. The molecule has 5 rings (SSSR count). The highest BCUT2D eigenvalue weighted by molar-refractivity contribution is 6.33. The SMILES string of the molecule is COc1ccc2c(Cl)c1O[C@@H]1C#C/C=C(\C#CC3=CC[C@H](O)[C@@]31O)[C@H]1CN1C(=O)C[C@@H]2O. The first-order valence-electron chi connectivity index (χ1n) is 10.2. The van der Waals surface area contributed by atoms with Crippen molar-refractivity contribution in [1.82, 2.24) is 4.90 Å². The fourth-order valence-corrected chi connectivity index (χ4v) is 4.60. The zero-order valence-corrected chi connectivity index (χ0v) is 17.9. The van der Waals surface area contributed by atoms with Crippen molar-refractivity contribution >= 4 is 17.5 Å². The van der Waals surface area contributed by atoms with E-state index in [9.17, 15) is 20.1 Å². The Hall–Kier alpha value is -2.94. The van der Waals surface area contributed by atoms with Crippen molar-refractivity contribution in [2.45, 2.75) is 42.8 Å². The number of rotatable bonds is 1. The van der Waals surface area contributed by atoms with Gasteiger partial charge in [0, 0.05) is 29.3 Å². The first kappa shape index (κ1) is 20.9. The molecule has 0 aromatic heterocycles. The Labute approximate surface area is 189 Å². The number of hydrogen-bond acceptors (Lipinski definition) is 6. The summed E-state index contributed by atoms with van der Waals surface area (Å²) in [5.41, 5.74) is -0.700. The van der Waals surface area contributed by atoms with E-state index in [2.05, 4.69) is 23.7 Å². The number of allylic oxidation sites excluding steroid dienone is 1. The number of aliphatic hydroxyl groups excluding tert-OH is 2. The topological polar surface area (TPSA) is 99.2 Å². The highest BCUT2D eigenvalue weighted by Gasteiger charge is 2.51. The second kappa shape index (κ2) is 7.58. The lowest BCUT2D eigenvalue weighted by molar-refractivity contribution is -0.128. The molecule has 0 unspecified atom stereocenters. The molecule has 8 heteroatoms. The maximum atomic E-state index is 12.7. The lowest BCUT2D eigenvalue weighted by atomic mass is 9.87. The normalized spacial score (nSPS) is 33.9. The smallest absolute Gasteiger partial charge is 0.226 e. The van der Waals surface area contributed by atoms with Crippen LogP contribution >= 0.6 is 11.6 Å². The van der Waals surface area contributed by atoms with E-state index in [1.165, 1.54) is 7.11 Å². The maximum absolute atomic E-state index is 12.7. The minimum absolute atomic E-state index is 0.0367. The van der Waals surface area contributed by atoms with E-state index < -0.39 is 23.9 Å². The van der Waals surface area contributed by atoms with Gasteiger partial charge >= 0.3 is 0 Å². The third-order valence-electron chi connectivity index (χ3n) is 6.23. The van der Waals surface area contributed by atoms with Crippen molar-refractivity contribution in [2.75, 3.05) is 13.7 Å². The van der Waals surface area contributed by atoms with Gasteiger partial charge in [0.1, 0.15) is 0 Å². The van der Waals surface area contributed by atoms with Crippen LogP contribution in [0.2, 0.25) is 5.02 Å². The molecular formula is C24H20ClNO6. The molecule has 3 N–H and O–H groups in total. The molecule has 4 aliphatic rings. The van der Waals surface area contributed by atoms with Gasteiger partial charge in [-0.2, -0.15) is 0 Å². The molecule has 0 radical (unpaired) electrons. The van der Waals surface area contributed by atoms with Gasteiger partial charge in [0.25, 0.3) is 0 Å². The van der Waals surface area contributed by atoms with Gasteiger partial charge in [-0.3, -0.25) is 4.79 Å². The predicted octanol–water partition coefficient (Wildman–Crippen LogP) is 1.11. The molecule has 32 heavy (non-hydrogen) atoms. The Bertz CT molecular complexity index is 1200. The average molecular weight is 454 g/mol. The van der Waals surface area contributed by atoms with E-state index in [0.717, 1.165) is 0 Å². The number of amides is 1. The van der Waals surface area contributed by atoms with Crippen LogP contribution in [0.3, 0.4) is 0 Å². The van der Waals surface area contributed by atoms with E-state index >= 15 is 0 Å². The van der Waals surface area contributed by atoms with Gasteiger partial charge < -0.3 is 29.7 Å². The van der Waals surface area contributed by atoms with Crippen LogP contribution in [0.25, 0.3) is 0 Å². The average Bonchev–Trinajstić information content (AvgIpc) is 3.50. The standard InChI is InChI=1S/C24H20ClNO6/c1-31-18-9-8-15-17(27)11-21(29)26-12-16(26)13-3-2-4-20(32-23(18)22(15)25)24(30)14(6-5-13)7-10-19(24)28/h3,7-9,16-17,19-20,27-28,30H,10-12H2,1H3/b13-3+/t16-,17+,19+,20-,24+,26?/m1/s1. The predicted molar refractivity (Wildman–Crippen MR) is 115 cm³/mol. The number of ether oxygens (including phenoxy) is 2. The Morgan fingerprint density at radius 2 is 2.12 bits per heavy atom. The lowest BCUT2D eigenvalue weighted by Gasteiger charge is -2.34. The fourth-order valence-electron chi connectivity index (χ4n) is 4.27. The van der Waals surface area contributed by atoms with E-state index in [1.807, 2.05) is 0 Å². The molecule has 1 saturated heterocycles. The number of methoxy groups -OCH3 is 1. The molecule has 1 fully saturated rings. The zero-order valence-electron chi connectivity index (χ0n) is 17.1. The molecule has 0 spiro atoms. The summed E-state index contributed by atoms with van der Waals surface area (Å²) in [7, 11) is 1.43. The third kappa shape index (κ3) is 3.18. The van der Waals surface area contributed by atoms with Crippen LogP contribution in [-0.4, -0.2) is 63.6 Å². The number of benzene rings is 1. The Morgan fingerprint density at radius 3 is 2.91 bits per heavy atom. The van der Waals surface area contributed by atoms with Crippen molar-refractivity contribution in [2.24, 2.45) is 0 Å². The van der Waals surface area contributed by atoms with Crippen LogP contribution in [0, 0.1) is 23.7 Å². The van der Waals surface area contributed by atoms with Gasteiger partial charge in [-0.05, 0) is 12.5 Å². The minimum atomic E-state index is -1.90. The number of carbonyl (C=O) groups is 1. The first-order valence-corrected chi connectivity index (χ1v) is 10.6. The zero-order chi connectivity index (χ0) is 22.6. The van der Waals surface area contributed by atoms with E-state index in [-0.39, 0.29) is 52.4 Å². The first-order chi connectivity index (χ1) is 15.3. The van der Waals surface area contributed by atoms with Crippen LogP contribution in [0.1, 0.15) is 24.5 Å². The van der Waals surface area contributed by atoms with Crippen LogP contribution in [-0.2, 0) is 4.79 Å². The molecule has 1 amide bonds. The number of fused-ring (bicyclic) bond motifs is 8. The van der Waals surface area contributed by atoms with Crippen molar-refractivity contribution in [1.29, 1.82) is 0 Å². The molecule has 4 bridgehead atoms. The maximum Gasteiger partial charge on any atom is 0.226 e. The van der Waals surface area contributed by atoms with Gasteiger partial charge in [-0.15, -0.1) is 0 Å². The summed E-state index contributed by atoms with van der Waals surface area (Å²) < 4.78 is 11.5. The van der Waals surface area contributed by atoms with Gasteiger partial charge in [0.2, 0.25) is 5.91 Å². The van der Waals surface area contributed by atoms with Crippen molar-refractivity contribution in [3.8, 4) is 35.2 Å². The Kier molecular flexibility index (Phi) is 4.96. The molecule has 164 valence electrons. The van der Waals surface area contributed by atoms with Gasteiger partial charge in [0.15, 0.2) is 23.2 Å². The molecule has 5 atom stereocenters. The van der Waals surface area contributed by atoms with Crippen LogP contribution in [0.5, 0.6) is 11.5 Å². The molecule has 0 saturated carbocycles.